The molecule has 1 rings (SSSR count). The topological polar surface area (TPSA) is 28.7 Å². The van der Waals surface area contributed by atoms with Gasteiger partial charge in [-0.05, 0) is 11.8 Å². The van der Waals surface area contributed by atoms with Crippen molar-refractivity contribution >= 4 is 0 Å². The van der Waals surface area contributed by atoms with Crippen LogP contribution in [0.3, 0.4) is 0 Å². The van der Waals surface area contributed by atoms with Gasteiger partial charge in [0.05, 0.1) is 12.0 Å². The maximum atomic E-state index is 4.28. The first-order chi connectivity index (χ1) is 6.13. The first-order valence-corrected chi connectivity index (χ1v) is 5.16. The Hall–Kier alpha value is -0.790. The summed E-state index contributed by atoms with van der Waals surface area (Å²) < 4.78 is 0. The number of aromatic nitrogens is 2. The van der Waals surface area contributed by atoms with Crippen molar-refractivity contribution in [2.24, 2.45) is 0 Å². The fraction of sp³-hybridized carbons (Fsp3) is 0.750. The van der Waals surface area contributed by atoms with Crippen LogP contribution in [0.4, 0.5) is 0 Å². The second-order valence-electron chi connectivity index (χ2n) is 3.51. The summed E-state index contributed by atoms with van der Waals surface area (Å²) in [4.78, 5) is 7.46. The minimum Gasteiger partial charge on any atom is -0.348 e. The molecule has 1 aromatic heterocycles. The average Bonchev–Trinajstić information content (AvgIpc) is 2.55. The summed E-state index contributed by atoms with van der Waals surface area (Å²) in [6.45, 7) is 12.7. The smallest absolute Gasteiger partial charge is 0.0925 e. The van der Waals surface area contributed by atoms with Gasteiger partial charge < -0.3 is 4.98 Å². The van der Waals surface area contributed by atoms with E-state index in [0.29, 0.717) is 11.8 Å². The van der Waals surface area contributed by atoms with E-state index in [0.717, 1.165) is 0 Å². The summed E-state index contributed by atoms with van der Waals surface area (Å²) in [5.74, 6) is 1.08. The predicted octanol–water partition coefficient (Wildman–Crippen LogP) is 4.32. The molecule has 0 bridgehead atoms. The van der Waals surface area contributed by atoms with E-state index in [4.69, 9.17) is 0 Å². The third kappa shape index (κ3) is 3.95. The highest BCUT2D eigenvalue weighted by Crippen LogP contribution is 2.21. The van der Waals surface area contributed by atoms with E-state index < -0.39 is 0 Å². The lowest BCUT2D eigenvalue weighted by atomic mass is 10.0. The van der Waals surface area contributed by atoms with Crippen LogP contribution in [-0.4, -0.2) is 9.97 Å². The van der Waals surface area contributed by atoms with Crippen LogP contribution in [0, 0.1) is 0 Å². The second kappa shape index (κ2) is 7.60. The van der Waals surface area contributed by atoms with Crippen molar-refractivity contribution < 1.29 is 0 Å². The number of hydrogen-bond donors (Lipinski definition) is 1. The maximum absolute atomic E-state index is 4.28. The molecule has 0 aromatic carbocycles. The van der Waals surface area contributed by atoms with Crippen molar-refractivity contribution in [2.45, 2.75) is 60.8 Å². The molecule has 0 aliphatic rings. The van der Waals surface area contributed by atoms with Crippen LogP contribution in [0.1, 0.15) is 72.2 Å². The summed E-state index contributed by atoms with van der Waals surface area (Å²) >= 11 is 0. The molecule has 0 aliphatic heterocycles. The van der Waals surface area contributed by atoms with E-state index in [2.05, 4.69) is 37.7 Å². The summed E-state index contributed by atoms with van der Waals surface area (Å²) in [6.07, 6.45) is 1.78. The van der Waals surface area contributed by atoms with Crippen molar-refractivity contribution in [3.63, 3.8) is 0 Å². The normalized spacial score (nSPS) is 9.43. The molecule has 0 saturated carbocycles. The first kappa shape index (κ1) is 15.7. The van der Waals surface area contributed by atoms with Gasteiger partial charge in [0.1, 0.15) is 0 Å². The Kier molecular flexibility index (Phi) is 8.51. The molecule has 1 N–H and O–H groups in total. The number of imidazole rings is 1. The van der Waals surface area contributed by atoms with Gasteiger partial charge in [0.25, 0.3) is 0 Å². The van der Waals surface area contributed by atoms with Crippen LogP contribution in [0.5, 0.6) is 0 Å². The van der Waals surface area contributed by atoms with Gasteiger partial charge in [0.2, 0.25) is 0 Å². The van der Waals surface area contributed by atoms with Crippen LogP contribution >= 0.6 is 0 Å². The van der Waals surface area contributed by atoms with Gasteiger partial charge >= 0.3 is 0 Å². The molecule has 1 aromatic rings. The Morgan fingerprint density at radius 2 is 1.57 bits per heavy atom. The molecule has 0 radical (unpaired) electrons. The van der Waals surface area contributed by atoms with Gasteiger partial charge in [0, 0.05) is 5.69 Å². The van der Waals surface area contributed by atoms with Crippen molar-refractivity contribution in [3.05, 3.63) is 17.7 Å². The van der Waals surface area contributed by atoms with Crippen LogP contribution < -0.4 is 0 Å². The minimum absolute atomic E-state index is 0. The molecular weight excluding hydrogens is 172 g/mol. The second-order valence-corrected chi connectivity index (χ2v) is 3.51. The highest BCUT2D eigenvalue weighted by Gasteiger charge is 2.11. The number of rotatable bonds is 2. The van der Waals surface area contributed by atoms with Crippen LogP contribution in [0.15, 0.2) is 6.33 Å². The zero-order valence-corrected chi connectivity index (χ0v) is 9.68. The molecule has 84 valence electrons. The molecule has 0 fully saturated rings. The lowest BCUT2D eigenvalue weighted by molar-refractivity contribution is 0.759. The van der Waals surface area contributed by atoms with E-state index in [1.807, 2.05) is 13.8 Å². The van der Waals surface area contributed by atoms with Crippen molar-refractivity contribution in [2.75, 3.05) is 0 Å². The molecule has 0 atom stereocenters. The quantitative estimate of drug-likeness (QED) is 0.753. The first-order valence-electron chi connectivity index (χ1n) is 5.16. The number of nitrogens with one attached hydrogen (secondary N) is 1. The fourth-order valence-corrected chi connectivity index (χ4v) is 1.24. The lowest BCUT2D eigenvalue weighted by Crippen LogP contribution is -1.96. The zero-order chi connectivity index (χ0) is 10.4. The highest BCUT2D eigenvalue weighted by atomic mass is 14.9. The minimum atomic E-state index is 0. The molecule has 0 amide bonds. The monoisotopic (exact) mass is 198 g/mol. The van der Waals surface area contributed by atoms with Crippen LogP contribution in [0.2, 0.25) is 0 Å². The highest BCUT2D eigenvalue weighted by molar-refractivity contribution is 5.17. The Morgan fingerprint density at radius 3 is 1.86 bits per heavy atom. The van der Waals surface area contributed by atoms with Gasteiger partial charge in [-0.2, -0.15) is 0 Å². The maximum Gasteiger partial charge on any atom is 0.0925 e. The molecule has 1 heterocycles. The Labute approximate surface area is 89.2 Å². The number of aromatic amines is 1. The van der Waals surface area contributed by atoms with Crippen LogP contribution in [-0.2, 0) is 0 Å². The van der Waals surface area contributed by atoms with Gasteiger partial charge in [-0.15, -0.1) is 0 Å². The summed E-state index contributed by atoms with van der Waals surface area (Å²) in [5.41, 5.74) is 2.49. The largest absolute Gasteiger partial charge is 0.348 e. The van der Waals surface area contributed by atoms with Gasteiger partial charge in [-0.25, -0.2) is 4.98 Å². The zero-order valence-electron chi connectivity index (χ0n) is 9.68. The fourth-order valence-electron chi connectivity index (χ4n) is 1.24. The third-order valence-electron chi connectivity index (χ3n) is 1.82. The van der Waals surface area contributed by atoms with Crippen LogP contribution in [0.25, 0.3) is 0 Å². The molecule has 2 heteroatoms. The lowest BCUT2D eigenvalue weighted by Gasteiger charge is -2.07. The van der Waals surface area contributed by atoms with Crippen molar-refractivity contribution in [3.8, 4) is 0 Å². The predicted molar refractivity (Wildman–Crippen MR) is 64.8 cm³/mol. The van der Waals surface area contributed by atoms with Gasteiger partial charge in [-0.1, -0.05) is 49.0 Å². The Morgan fingerprint density at radius 1 is 1.07 bits per heavy atom. The van der Waals surface area contributed by atoms with Gasteiger partial charge in [-0.3, -0.25) is 0 Å². The summed E-state index contributed by atoms with van der Waals surface area (Å²) in [6, 6.07) is 0. The van der Waals surface area contributed by atoms with E-state index in [1.165, 1.54) is 11.4 Å². The molecule has 0 spiro atoms. The number of H-pyrrole nitrogens is 1. The van der Waals surface area contributed by atoms with E-state index in [-0.39, 0.29) is 7.43 Å². The molecule has 0 aliphatic carbocycles. The van der Waals surface area contributed by atoms with Crippen molar-refractivity contribution in [1.29, 1.82) is 0 Å². The summed E-state index contributed by atoms with van der Waals surface area (Å²) in [7, 11) is 0. The Balaban J connectivity index is 0. The molecule has 0 unspecified atom stereocenters. The SMILES string of the molecule is C.CC.CC(C)c1nc[nH]c1C(C)C. The van der Waals surface area contributed by atoms with E-state index in [9.17, 15) is 0 Å². The number of nitrogens with zero attached hydrogens (tertiary/aromatic N) is 1. The number of hydrogen-bond acceptors (Lipinski definition) is 1. The molecule has 2 nitrogen and oxygen atoms in total. The van der Waals surface area contributed by atoms with Crippen molar-refractivity contribution in [1.82, 2.24) is 9.97 Å². The Bertz CT molecular complexity index is 201. The standard InChI is InChI=1S/C9H16N2.C2H6.CH4/c1-6(2)8-9(7(3)4)11-5-10-8;1-2;/h5-7H,1-4H3,(H,10,11);1-2H3;1H4. The summed E-state index contributed by atoms with van der Waals surface area (Å²) in [5, 5.41) is 0. The molecular formula is C12H26N2. The average molecular weight is 198 g/mol. The van der Waals surface area contributed by atoms with E-state index in [1.54, 1.807) is 6.33 Å². The third-order valence-corrected chi connectivity index (χ3v) is 1.82. The molecule has 14 heavy (non-hydrogen) atoms. The van der Waals surface area contributed by atoms with Gasteiger partial charge in [0.15, 0.2) is 0 Å². The molecule has 0 saturated heterocycles. The van der Waals surface area contributed by atoms with E-state index >= 15 is 0 Å².